The zero-order chi connectivity index (χ0) is 20.2. The molecule has 1 aromatic rings. The number of carbonyl (C=O) groups excluding carboxylic acids is 2. The van der Waals surface area contributed by atoms with Crippen LogP contribution < -0.4 is 11.1 Å². The van der Waals surface area contributed by atoms with E-state index in [0.717, 1.165) is 18.4 Å². The summed E-state index contributed by atoms with van der Waals surface area (Å²) in [4.78, 5) is 26.9. The lowest BCUT2D eigenvalue weighted by Gasteiger charge is -2.28. The molecule has 27 heavy (non-hydrogen) atoms. The molecule has 2 amide bonds. The molecule has 1 fully saturated rings. The highest BCUT2D eigenvalue weighted by Crippen LogP contribution is 2.25. The normalized spacial score (nSPS) is 18.6. The average molecular weight is 374 g/mol. The van der Waals surface area contributed by atoms with Crippen LogP contribution in [-0.2, 0) is 9.59 Å². The molecule has 0 spiro atoms. The van der Waals surface area contributed by atoms with E-state index in [1.807, 2.05) is 32.9 Å². The van der Waals surface area contributed by atoms with Gasteiger partial charge in [0.2, 0.25) is 11.8 Å². The molecule has 0 aliphatic carbocycles. The first kappa shape index (κ1) is 21.4. The van der Waals surface area contributed by atoms with Crippen molar-refractivity contribution in [3.63, 3.8) is 0 Å². The molecule has 150 valence electrons. The Kier molecular flexibility index (Phi) is 7.04. The van der Waals surface area contributed by atoms with Gasteiger partial charge in [0, 0.05) is 25.6 Å². The Morgan fingerprint density at radius 2 is 1.78 bits per heavy atom. The van der Waals surface area contributed by atoms with Crippen LogP contribution in [0.2, 0.25) is 0 Å². The molecule has 2 atom stereocenters. The number of likely N-dealkylation sites (tertiary alicyclic amines) is 1. The van der Waals surface area contributed by atoms with Crippen LogP contribution in [0.3, 0.4) is 0 Å². The lowest BCUT2D eigenvalue weighted by Crippen LogP contribution is -2.47. The van der Waals surface area contributed by atoms with Crippen molar-refractivity contribution in [3.8, 4) is 0 Å². The third-order valence-electron chi connectivity index (χ3n) is 5.08. The summed E-state index contributed by atoms with van der Waals surface area (Å²) in [5, 5.41) is 2.95. The van der Waals surface area contributed by atoms with Crippen LogP contribution in [0.25, 0.3) is 0 Å². The average Bonchev–Trinajstić information content (AvgIpc) is 3.08. The molecule has 0 bridgehead atoms. The summed E-state index contributed by atoms with van der Waals surface area (Å²) in [5.74, 6) is 0.451. The van der Waals surface area contributed by atoms with E-state index in [-0.39, 0.29) is 29.3 Å². The first-order chi connectivity index (χ1) is 12.6. The summed E-state index contributed by atoms with van der Waals surface area (Å²) < 4.78 is 0. The molecule has 2 rings (SSSR count). The third-order valence-corrected chi connectivity index (χ3v) is 5.08. The van der Waals surface area contributed by atoms with Crippen molar-refractivity contribution >= 4 is 11.8 Å². The minimum absolute atomic E-state index is 0.0636. The highest BCUT2D eigenvalue weighted by molar-refractivity contribution is 5.88. The summed E-state index contributed by atoms with van der Waals surface area (Å²) in [6.45, 7) is 11.5. The van der Waals surface area contributed by atoms with Crippen LogP contribution in [0.4, 0.5) is 0 Å². The number of rotatable bonds is 6. The van der Waals surface area contributed by atoms with Gasteiger partial charge in [-0.25, -0.2) is 0 Å². The number of benzene rings is 1. The lowest BCUT2D eigenvalue weighted by atomic mass is 9.91. The standard InChI is InChI=1S/C22H35N3O2/c1-15(2)16-8-10-17(11-9-16)18(23)14-24-21(27)19-7-6-12-25(19)20(26)13-22(3,4)5/h8-11,15,18-19H,6-7,12-14,23H2,1-5H3,(H,24,27). The second-order valence-corrected chi connectivity index (χ2v) is 9.16. The second kappa shape index (κ2) is 8.87. The number of hydrogen-bond acceptors (Lipinski definition) is 3. The number of nitrogens with two attached hydrogens (primary N) is 1. The quantitative estimate of drug-likeness (QED) is 0.803. The van der Waals surface area contributed by atoms with Crippen molar-refractivity contribution in [2.45, 2.75) is 71.9 Å². The van der Waals surface area contributed by atoms with E-state index in [1.54, 1.807) is 4.90 Å². The predicted molar refractivity (Wildman–Crippen MR) is 109 cm³/mol. The Hall–Kier alpha value is -1.88. The Labute approximate surface area is 163 Å². The Balaban J connectivity index is 1.91. The van der Waals surface area contributed by atoms with Crippen molar-refractivity contribution in [2.75, 3.05) is 13.1 Å². The topological polar surface area (TPSA) is 75.4 Å². The Morgan fingerprint density at radius 3 is 2.33 bits per heavy atom. The number of hydrogen-bond donors (Lipinski definition) is 2. The molecule has 5 heteroatoms. The van der Waals surface area contributed by atoms with Gasteiger partial charge in [-0.1, -0.05) is 58.9 Å². The summed E-state index contributed by atoms with van der Waals surface area (Å²) in [7, 11) is 0. The number of amides is 2. The van der Waals surface area contributed by atoms with E-state index in [9.17, 15) is 9.59 Å². The zero-order valence-electron chi connectivity index (χ0n) is 17.4. The van der Waals surface area contributed by atoms with Gasteiger partial charge >= 0.3 is 0 Å². The summed E-state index contributed by atoms with van der Waals surface area (Å²) in [6.07, 6.45) is 2.05. The fraction of sp³-hybridized carbons (Fsp3) is 0.636. The highest BCUT2D eigenvalue weighted by atomic mass is 16.2. The maximum Gasteiger partial charge on any atom is 0.242 e. The molecule has 0 aromatic heterocycles. The van der Waals surface area contributed by atoms with Gasteiger partial charge in [-0.3, -0.25) is 9.59 Å². The maximum atomic E-state index is 12.6. The Bertz CT molecular complexity index is 647. The van der Waals surface area contributed by atoms with Gasteiger partial charge in [0.05, 0.1) is 0 Å². The molecular weight excluding hydrogens is 338 g/mol. The largest absolute Gasteiger partial charge is 0.352 e. The van der Waals surface area contributed by atoms with E-state index in [2.05, 4.69) is 31.3 Å². The van der Waals surface area contributed by atoms with Gasteiger partial charge in [0.15, 0.2) is 0 Å². The van der Waals surface area contributed by atoms with Gasteiger partial charge in [-0.2, -0.15) is 0 Å². The molecule has 5 nitrogen and oxygen atoms in total. The molecule has 3 N–H and O–H groups in total. The summed E-state index contributed by atoms with van der Waals surface area (Å²) >= 11 is 0. The van der Waals surface area contributed by atoms with Crippen molar-refractivity contribution < 1.29 is 9.59 Å². The third kappa shape index (κ3) is 6.06. The Morgan fingerprint density at radius 1 is 1.19 bits per heavy atom. The minimum atomic E-state index is -0.365. The first-order valence-electron chi connectivity index (χ1n) is 10.0. The molecular formula is C22H35N3O2. The monoisotopic (exact) mass is 373 g/mol. The van der Waals surface area contributed by atoms with E-state index in [1.165, 1.54) is 5.56 Å². The van der Waals surface area contributed by atoms with E-state index in [4.69, 9.17) is 5.73 Å². The van der Waals surface area contributed by atoms with Crippen LogP contribution >= 0.6 is 0 Å². The van der Waals surface area contributed by atoms with E-state index >= 15 is 0 Å². The van der Waals surface area contributed by atoms with Gasteiger partial charge < -0.3 is 16.0 Å². The molecule has 1 aromatic carbocycles. The summed E-state index contributed by atoms with van der Waals surface area (Å²) in [5.41, 5.74) is 8.45. The zero-order valence-corrected chi connectivity index (χ0v) is 17.4. The van der Waals surface area contributed by atoms with E-state index in [0.29, 0.717) is 25.4 Å². The number of nitrogens with zero attached hydrogens (tertiary/aromatic N) is 1. The van der Waals surface area contributed by atoms with Crippen molar-refractivity contribution in [1.82, 2.24) is 10.2 Å². The van der Waals surface area contributed by atoms with Gasteiger partial charge in [-0.15, -0.1) is 0 Å². The second-order valence-electron chi connectivity index (χ2n) is 9.16. The number of nitrogens with one attached hydrogen (secondary N) is 1. The van der Waals surface area contributed by atoms with Gasteiger partial charge in [0.25, 0.3) is 0 Å². The van der Waals surface area contributed by atoms with Gasteiger partial charge in [0.1, 0.15) is 6.04 Å². The SMILES string of the molecule is CC(C)c1ccc(C(N)CNC(=O)C2CCCN2C(=O)CC(C)(C)C)cc1. The smallest absolute Gasteiger partial charge is 0.242 e. The lowest BCUT2D eigenvalue weighted by molar-refractivity contribution is -0.139. The molecule has 1 aliphatic heterocycles. The van der Waals surface area contributed by atoms with Crippen LogP contribution in [0.15, 0.2) is 24.3 Å². The molecule has 0 saturated carbocycles. The maximum absolute atomic E-state index is 12.6. The molecule has 0 radical (unpaired) electrons. The van der Waals surface area contributed by atoms with Crippen molar-refractivity contribution in [1.29, 1.82) is 0 Å². The van der Waals surface area contributed by atoms with E-state index < -0.39 is 0 Å². The van der Waals surface area contributed by atoms with Gasteiger partial charge in [-0.05, 0) is 35.3 Å². The summed E-state index contributed by atoms with van der Waals surface area (Å²) in [6, 6.07) is 7.62. The molecule has 1 saturated heterocycles. The van der Waals surface area contributed by atoms with Crippen LogP contribution in [0.1, 0.15) is 77.0 Å². The fourth-order valence-electron chi connectivity index (χ4n) is 3.47. The molecule has 1 heterocycles. The fourth-order valence-corrected chi connectivity index (χ4v) is 3.47. The van der Waals surface area contributed by atoms with Crippen LogP contribution in [0.5, 0.6) is 0 Å². The van der Waals surface area contributed by atoms with Crippen LogP contribution in [0, 0.1) is 5.41 Å². The van der Waals surface area contributed by atoms with Crippen molar-refractivity contribution in [3.05, 3.63) is 35.4 Å². The number of carbonyl (C=O) groups is 2. The highest BCUT2D eigenvalue weighted by Gasteiger charge is 2.35. The molecule has 1 aliphatic rings. The van der Waals surface area contributed by atoms with Crippen LogP contribution in [-0.4, -0.2) is 35.8 Å². The predicted octanol–water partition coefficient (Wildman–Crippen LogP) is 3.35. The molecule has 2 unspecified atom stereocenters. The minimum Gasteiger partial charge on any atom is -0.352 e. The first-order valence-corrected chi connectivity index (χ1v) is 10.0. The van der Waals surface area contributed by atoms with Crippen molar-refractivity contribution in [2.24, 2.45) is 11.1 Å².